The van der Waals surface area contributed by atoms with Crippen LogP contribution in [0.2, 0.25) is 0 Å². The average Bonchev–Trinajstić information content (AvgIpc) is 1.84. The second-order valence-electron chi connectivity index (χ2n) is 2.06. The van der Waals surface area contributed by atoms with Gasteiger partial charge in [0.1, 0.15) is 12.2 Å². The highest BCUT2D eigenvalue weighted by Gasteiger charge is 2.27. The maximum atomic E-state index is 8.98. The molecule has 1 heterocycles. The van der Waals surface area contributed by atoms with E-state index in [1.54, 1.807) is 6.92 Å². The molecule has 3 nitrogen and oxygen atoms in total. The average molecular weight is 102 g/mol. The van der Waals surface area contributed by atoms with Crippen molar-refractivity contribution in [3.8, 4) is 0 Å². The van der Waals surface area contributed by atoms with Gasteiger partial charge in [-0.3, -0.25) is 4.84 Å². The van der Waals surface area contributed by atoms with Gasteiger partial charge in [0.25, 0.3) is 0 Å². The van der Waals surface area contributed by atoms with Crippen LogP contribution in [0.1, 0.15) is 6.92 Å². The van der Waals surface area contributed by atoms with E-state index < -0.39 is 5.60 Å². The highest BCUT2D eigenvalue weighted by molar-refractivity contribution is 4.75. The van der Waals surface area contributed by atoms with E-state index >= 15 is 0 Å². The highest BCUT2D eigenvalue weighted by atomic mass is 16.7. The summed E-state index contributed by atoms with van der Waals surface area (Å²) in [5.41, 5.74) is 2.79. The number of hydrogen-bond donors (Lipinski definition) is 1. The van der Waals surface area contributed by atoms with Gasteiger partial charge in [0.15, 0.2) is 0 Å². The summed E-state index contributed by atoms with van der Waals surface area (Å²) in [4.78, 5) is 4.53. The van der Waals surface area contributed by atoms with Crippen molar-refractivity contribution in [2.24, 2.45) is 0 Å². The molecule has 0 amide bonds. The van der Waals surface area contributed by atoms with Crippen LogP contribution in [0, 0.1) is 0 Å². The Balaban J connectivity index is 2.40. The van der Waals surface area contributed by atoms with Crippen LogP contribution in [-0.2, 0) is 4.84 Å². The summed E-state index contributed by atoms with van der Waals surface area (Å²) in [5, 5.41) is 8.98. The van der Waals surface area contributed by atoms with Gasteiger partial charge in [-0.2, -0.15) is 0 Å². The minimum absolute atomic E-state index is 0.340. The molecule has 1 rings (SSSR count). The van der Waals surface area contributed by atoms with E-state index in [0.29, 0.717) is 13.2 Å². The number of hydroxylamine groups is 1. The zero-order valence-corrected chi connectivity index (χ0v) is 4.22. The fraction of sp³-hybridized carbons (Fsp3) is 1.00. The van der Waals surface area contributed by atoms with E-state index in [4.69, 9.17) is 5.11 Å². The Kier molecular flexibility index (Phi) is 1.03. The molecule has 3 heteroatoms. The Morgan fingerprint density at radius 3 is 2.71 bits per heavy atom. The molecule has 1 aliphatic heterocycles. The van der Waals surface area contributed by atoms with Crippen molar-refractivity contribution >= 4 is 0 Å². The minimum atomic E-state index is -0.694. The monoisotopic (exact) mass is 102 g/mol. The normalized spacial score (nSPS) is 42.0. The van der Waals surface area contributed by atoms with Crippen molar-refractivity contribution < 1.29 is 9.94 Å². The third-order valence-corrected chi connectivity index (χ3v) is 0.872. The van der Waals surface area contributed by atoms with E-state index in [2.05, 4.69) is 10.3 Å². The van der Waals surface area contributed by atoms with Gasteiger partial charge in [-0.25, -0.2) is 0 Å². The second kappa shape index (κ2) is 1.43. The summed E-state index contributed by atoms with van der Waals surface area (Å²) < 4.78 is 0. The lowest BCUT2D eigenvalue weighted by molar-refractivity contribution is 0.0321. The van der Waals surface area contributed by atoms with Gasteiger partial charge in [-0.05, 0) is 6.92 Å². The molecular formula is C4H8NO2. The molecule has 0 aliphatic carbocycles. The first-order valence-corrected chi connectivity index (χ1v) is 2.22. The maximum Gasteiger partial charge on any atom is 0.104 e. The molecule has 0 saturated carbocycles. The minimum Gasteiger partial charge on any atom is -0.386 e. The van der Waals surface area contributed by atoms with Crippen molar-refractivity contribution in [1.82, 2.24) is 5.48 Å². The zero-order valence-electron chi connectivity index (χ0n) is 4.22. The number of aliphatic hydroxyl groups is 1. The van der Waals surface area contributed by atoms with E-state index in [-0.39, 0.29) is 0 Å². The van der Waals surface area contributed by atoms with E-state index in [0.717, 1.165) is 0 Å². The predicted molar refractivity (Wildman–Crippen MR) is 23.6 cm³/mol. The van der Waals surface area contributed by atoms with Crippen molar-refractivity contribution in [3.05, 3.63) is 0 Å². The molecule has 1 radical (unpaired) electrons. The Morgan fingerprint density at radius 2 is 2.57 bits per heavy atom. The van der Waals surface area contributed by atoms with E-state index in [1.165, 1.54) is 0 Å². The quantitative estimate of drug-likeness (QED) is 0.439. The van der Waals surface area contributed by atoms with Gasteiger partial charge >= 0.3 is 0 Å². The summed E-state index contributed by atoms with van der Waals surface area (Å²) in [6, 6.07) is 0. The summed E-state index contributed by atoms with van der Waals surface area (Å²) in [6.45, 7) is 2.45. The fourth-order valence-electron chi connectivity index (χ4n) is 0.415. The van der Waals surface area contributed by atoms with Crippen LogP contribution in [0.3, 0.4) is 0 Å². The van der Waals surface area contributed by atoms with Crippen LogP contribution >= 0.6 is 0 Å². The fourth-order valence-corrected chi connectivity index (χ4v) is 0.415. The van der Waals surface area contributed by atoms with Gasteiger partial charge in [0.2, 0.25) is 0 Å². The molecule has 1 atom stereocenters. The van der Waals surface area contributed by atoms with Crippen LogP contribution in [-0.4, -0.2) is 23.9 Å². The second-order valence-corrected chi connectivity index (χ2v) is 2.06. The van der Waals surface area contributed by atoms with Gasteiger partial charge in [0, 0.05) is 0 Å². The molecule has 1 unspecified atom stereocenters. The van der Waals surface area contributed by atoms with Crippen LogP contribution in [0.25, 0.3) is 0 Å². The largest absolute Gasteiger partial charge is 0.386 e. The molecule has 0 aromatic heterocycles. The van der Waals surface area contributed by atoms with Crippen LogP contribution in [0.5, 0.6) is 0 Å². The summed E-state index contributed by atoms with van der Waals surface area (Å²) in [5.74, 6) is 0. The smallest absolute Gasteiger partial charge is 0.104 e. The van der Waals surface area contributed by atoms with Gasteiger partial charge in [0.05, 0.1) is 6.54 Å². The summed E-state index contributed by atoms with van der Waals surface area (Å²) in [6.07, 6.45) is 0. The van der Waals surface area contributed by atoms with Crippen molar-refractivity contribution in [2.45, 2.75) is 12.5 Å². The zero-order chi connectivity index (χ0) is 5.33. The molecule has 1 saturated heterocycles. The number of nitrogens with zero attached hydrogens (tertiary/aromatic N) is 1. The lowest BCUT2D eigenvalue weighted by Gasteiger charge is -2.08. The summed E-state index contributed by atoms with van der Waals surface area (Å²) >= 11 is 0. The SMILES string of the molecule is CC1(O)C[N]OC1. The molecule has 0 bridgehead atoms. The van der Waals surface area contributed by atoms with Gasteiger partial charge in [-0.1, -0.05) is 5.48 Å². The van der Waals surface area contributed by atoms with Crippen LogP contribution in [0.4, 0.5) is 0 Å². The molecular weight excluding hydrogens is 94.0 g/mol. The van der Waals surface area contributed by atoms with Gasteiger partial charge in [-0.15, -0.1) is 0 Å². The molecule has 0 aromatic rings. The van der Waals surface area contributed by atoms with Crippen LogP contribution < -0.4 is 5.48 Å². The van der Waals surface area contributed by atoms with E-state index in [9.17, 15) is 0 Å². The maximum absolute atomic E-state index is 8.98. The third kappa shape index (κ3) is 1.12. The topological polar surface area (TPSA) is 43.6 Å². The molecule has 1 N–H and O–H groups in total. The first-order valence-electron chi connectivity index (χ1n) is 2.22. The molecule has 41 valence electrons. The summed E-state index contributed by atoms with van der Waals surface area (Å²) in [7, 11) is 0. The predicted octanol–water partition coefficient (Wildman–Crippen LogP) is -0.713. The Labute approximate surface area is 42.2 Å². The van der Waals surface area contributed by atoms with Gasteiger partial charge < -0.3 is 5.11 Å². The first-order chi connectivity index (χ1) is 3.21. The molecule has 1 aliphatic rings. The standard InChI is InChI=1S/C4H8NO2/c1-4(6)2-5-7-3-4/h6H,2-3H2,1H3. The Morgan fingerprint density at radius 1 is 1.86 bits per heavy atom. The van der Waals surface area contributed by atoms with Crippen molar-refractivity contribution in [2.75, 3.05) is 13.2 Å². The van der Waals surface area contributed by atoms with Crippen molar-refractivity contribution in [1.29, 1.82) is 0 Å². The highest BCUT2D eigenvalue weighted by Crippen LogP contribution is 2.07. The Bertz CT molecular complexity index is 64.1. The van der Waals surface area contributed by atoms with Crippen molar-refractivity contribution in [3.63, 3.8) is 0 Å². The lowest BCUT2D eigenvalue weighted by Crippen LogP contribution is -2.28. The lowest BCUT2D eigenvalue weighted by atomic mass is 10.1. The molecule has 1 fully saturated rings. The van der Waals surface area contributed by atoms with E-state index in [1.807, 2.05) is 0 Å². The third-order valence-electron chi connectivity index (χ3n) is 0.872. The molecule has 0 aromatic carbocycles. The molecule has 7 heavy (non-hydrogen) atoms. The van der Waals surface area contributed by atoms with Crippen LogP contribution in [0.15, 0.2) is 0 Å². The number of hydrogen-bond acceptors (Lipinski definition) is 2. The molecule has 0 spiro atoms. The number of rotatable bonds is 0. The Hall–Kier alpha value is -0.120. The first kappa shape index (κ1) is 5.03.